The third kappa shape index (κ3) is 4.98. The molecule has 0 spiro atoms. The lowest BCUT2D eigenvalue weighted by Crippen LogP contribution is -2.35. The largest absolute Gasteiger partial charge is 0.478 e. The van der Waals surface area contributed by atoms with Gasteiger partial charge in [-0.2, -0.15) is 0 Å². The molecule has 1 aliphatic rings. The SMILES string of the molecule is CC(CNC(=O)OCC1c2ccccc2-c2ccccc21)C(=O)Nc1cc(C(=O)O)c(F)cc1F. The number of carbonyl (C=O) groups is 3. The van der Waals surface area contributed by atoms with Crippen molar-refractivity contribution in [3.63, 3.8) is 0 Å². The third-order valence-corrected chi connectivity index (χ3v) is 5.89. The van der Waals surface area contributed by atoms with Gasteiger partial charge in [0.1, 0.15) is 18.2 Å². The zero-order valence-electron chi connectivity index (χ0n) is 18.7. The number of halogens is 2. The van der Waals surface area contributed by atoms with Gasteiger partial charge in [0, 0.05) is 18.5 Å². The number of nitrogens with one attached hydrogen (secondary N) is 2. The fraction of sp³-hybridized carbons (Fsp3) is 0.192. The number of aromatic carboxylic acids is 1. The predicted octanol–water partition coefficient (Wildman–Crippen LogP) is 4.78. The first-order valence-corrected chi connectivity index (χ1v) is 10.9. The molecule has 180 valence electrons. The summed E-state index contributed by atoms with van der Waals surface area (Å²) in [5, 5.41) is 13.7. The smallest absolute Gasteiger partial charge is 0.407 e. The van der Waals surface area contributed by atoms with E-state index in [1.54, 1.807) is 0 Å². The first-order valence-electron chi connectivity index (χ1n) is 10.9. The quantitative estimate of drug-likeness (QED) is 0.452. The van der Waals surface area contributed by atoms with Crippen molar-refractivity contribution in [3.8, 4) is 11.1 Å². The van der Waals surface area contributed by atoms with Gasteiger partial charge in [0.2, 0.25) is 5.91 Å². The van der Waals surface area contributed by atoms with Crippen molar-refractivity contribution in [1.82, 2.24) is 5.32 Å². The van der Waals surface area contributed by atoms with E-state index in [1.165, 1.54) is 6.92 Å². The lowest BCUT2D eigenvalue weighted by molar-refractivity contribution is -0.119. The van der Waals surface area contributed by atoms with Crippen LogP contribution in [0, 0.1) is 17.6 Å². The van der Waals surface area contributed by atoms with Crippen LogP contribution in [-0.2, 0) is 9.53 Å². The van der Waals surface area contributed by atoms with Crippen LogP contribution in [0.25, 0.3) is 11.1 Å². The van der Waals surface area contributed by atoms with Gasteiger partial charge >= 0.3 is 12.1 Å². The summed E-state index contributed by atoms with van der Waals surface area (Å²) in [7, 11) is 0. The van der Waals surface area contributed by atoms with Gasteiger partial charge in [0.05, 0.1) is 17.2 Å². The number of amides is 2. The number of rotatable bonds is 7. The van der Waals surface area contributed by atoms with Crippen molar-refractivity contribution in [2.24, 2.45) is 5.92 Å². The maximum absolute atomic E-state index is 14.0. The highest BCUT2D eigenvalue weighted by Crippen LogP contribution is 2.44. The van der Waals surface area contributed by atoms with Gasteiger partial charge in [-0.05, 0) is 28.3 Å². The summed E-state index contributed by atoms with van der Waals surface area (Å²) in [6.45, 7) is 1.48. The van der Waals surface area contributed by atoms with E-state index in [0.717, 1.165) is 22.3 Å². The monoisotopic (exact) mass is 480 g/mol. The van der Waals surface area contributed by atoms with E-state index in [0.29, 0.717) is 12.1 Å². The van der Waals surface area contributed by atoms with Crippen LogP contribution in [0.5, 0.6) is 0 Å². The topological polar surface area (TPSA) is 105 Å². The lowest BCUT2D eigenvalue weighted by atomic mass is 9.98. The second-order valence-corrected chi connectivity index (χ2v) is 8.21. The van der Waals surface area contributed by atoms with Crippen LogP contribution < -0.4 is 10.6 Å². The highest BCUT2D eigenvalue weighted by Gasteiger charge is 2.29. The van der Waals surface area contributed by atoms with Crippen molar-refractivity contribution in [3.05, 3.63) is 89.0 Å². The van der Waals surface area contributed by atoms with Gasteiger partial charge in [-0.1, -0.05) is 55.5 Å². The van der Waals surface area contributed by atoms with Crippen LogP contribution in [-0.4, -0.2) is 36.2 Å². The number of benzene rings is 3. The Morgan fingerprint density at radius 3 is 2.17 bits per heavy atom. The Kier molecular flexibility index (Phi) is 6.77. The summed E-state index contributed by atoms with van der Waals surface area (Å²) in [5.74, 6) is -5.57. The van der Waals surface area contributed by atoms with E-state index in [4.69, 9.17) is 9.84 Å². The van der Waals surface area contributed by atoms with Gasteiger partial charge < -0.3 is 20.5 Å². The molecule has 1 unspecified atom stereocenters. The van der Waals surface area contributed by atoms with E-state index < -0.39 is 46.8 Å². The molecular formula is C26H22F2N2O5. The van der Waals surface area contributed by atoms with Crippen LogP contribution in [0.1, 0.15) is 34.3 Å². The van der Waals surface area contributed by atoms with E-state index >= 15 is 0 Å². The van der Waals surface area contributed by atoms with E-state index in [9.17, 15) is 23.2 Å². The molecule has 0 heterocycles. The third-order valence-electron chi connectivity index (χ3n) is 5.89. The highest BCUT2D eigenvalue weighted by atomic mass is 19.1. The molecule has 0 saturated heterocycles. The minimum absolute atomic E-state index is 0.110. The second-order valence-electron chi connectivity index (χ2n) is 8.21. The molecule has 35 heavy (non-hydrogen) atoms. The van der Waals surface area contributed by atoms with Gasteiger partial charge in [0.15, 0.2) is 0 Å². The van der Waals surface area contributed by atoms with Gasteiger partial charge in [-0.15, -0.1) is 0 Å². The van der Waals surface area contributed by atoms with Gasteiger partial charge in [-0.3, -0.25) is 4.79 Å². The molecule has 1 atom stereocenters. The standard InChI is InChI=1S/C26H22F2N2O5/c1-14(24(31)30-23-10-19(25(32)33)21(27)11-22(23)28)12-29-26(34)35-13-20-17-8-4-2-6-15(17)16-7-3-5-9-18(16)20/h2-11,14,20H,12-13H2,1H3,(H,29,34)(H,30,31)(H,32,33). The number of carboxylic acids is 1. The summed E-state index contributed by atoms with van der Waals surface area (Å²) < 4.78 is 32.9. The number of anilines is 1. The van der Waals surface area contributed by atoms with Crippen LogP contribution in [0.15, 0.2) is 60.7 Å². The lowest BCUT2D eigenvalue weighted by Gasteiger charge is -2.16. The molecule has 0 saturated carbocycles. The Morgan fingerprint density at radius 2 is 1.57 bits per heavy atom. The fourth-order valence-corrected chi connectivity index (χ4v) is 4.04. The average molecular weight is 480 g/mol. The van der Waals surface area contributed by atoms with Crippen LogP contribution in [0.2, 0.25) is 0 Å². The maximum atomic E-state index is 14.0. The number of hydrogen-bond acceptors (Lipinski definition) is 4. The van der Waals surface area contributed by atoms with Gasteiger partial charge in [-0.25, -0.2) is 18.4 Å². The van der Waals surface area contributed by atoms with Gasteiger partial charge in [0.25, 0.3) is 0 Å². The molecule has 0 radical (unpaired) electrons. The average Bonchev–Trinajstić information content (AvgIpc) is 3.16. The zero-order chi connectivity index (χ0) is 25.1. The number of hydrogen-bond donors (Lipinski definition) is 3. The van der Waals surface area contributed by atoms with Crippen LogP contribution >= 0.6 is 0 Å². The number of carboxylic acid groups (broad SMARTS) is 1. The molecule has 3 N–H and O–H groups in total. The molecule has 4 rings (SSSR count). The molecule has 0 aliphatic heterocycles. The molecule has 7 nitrogen and oxygen atoms in total. The van der Waals surface area contributed by atoms with Crippen molar-refractivity contribution in [2.75, 3.05) is 18.5 Å². The Balaban J connectivity index is 1.32. The molecule has 9 heteroatoms. The molecule has 2 amide bonds. The minimum atomic E-state index is -1.59. The predicted molar refractivity (Wildman–Crippen MR) is 124 cm³/mol. The van der Waals surface area contributed by atoms with Crippen molar-refractivity contribution in [1.29, 1.82) is 0 Å². The molecule has 3 aromatic carbocycles. The molecule has 1 aliphatic carbocycles. The van der Waals surface area contributed by atoms with Crippen molar-refractivity contribution >= 4 is 23.7 Å². The number of carbonyl (C=O) groups excluding carboxylic acids is 2. The Labute approximate surface area is 199 Å². The molecule has 0 aromatic heterocycles. The summed E-state index contributed by atoms with van der Waals surface area (Å²) in [6, 6.07) is 16.9. The Hall–Kier alpha value is -4.27. The summed E-state index contributed by atoms with van der Waals surface area (Å²) >= 11 is 0. The van der Waals surface area contributed by atoms with Crippen LogP contribution in [0.4, 0.5) is 19.3 Å². The van der Waals surface area contributed by atoms with Crippen LogP contribution in [0.3, 0.4) is 0 Å². The molecule has 0 bridgehead atoms. The molecule has 3 aromatic rings. The van der Waals surface area contributed by atoms with Crippen molar-refractivity contribution in [2.45, 2.75) is 12.8 Å². The first kappa shape index (κ1) is 23.9. The summed E-state index contributed by atoms with van der Waals surface area (Å²) in [4.78, 5) is 35.7. The zero-order valence-corrected chi connectivity index (χ0v) is 18.7. The Morgan fingerprint density at radius 1 is 0.971 bits per heavy atom. The number of fused-ring (bicyclic) bond motifs is 3. The summed E-state index contributed by atoms with van der Waals surface area (Å²) in [6.07, 6.45) is -0.715. The van der Waals surface area contributed by atoms with E-state index in [-0.39, 0.29) is 19.1 Å². The second kappa shape index (κ2) is 9.92. The summed E-state index contributed by atoms with van der Waals surface area (Å²) in [5.41, 5.74) is 3.09. The highest BCUT2D eigenvalue weighted by molar-refractivity contribution is 5.95. The molecule has 0 fully saturated rings. The van der Waals surface area contributed by atoms with E-state index in [2.05, 4.69) is 10.6 Å². The normalized spacial score (nSPS) is 12.9. The fourth-order valence-electron chi connectivity index (χ4n) is 4.04. The minimum Gasteiger partial charge on any atom is -0.478 e. The first-order chi connectivity index (χ1) is 16.8. The maximum Gasteiger partial charge on any atom is 0.407 e. The van der Waals surface area contributed by atoms with Crippen molar-refractivity contribution < 1.29 is 33.0 Å². The number of ether oxygens (including phenoxy) is 1. The number of alkyl carbamates (subject to hydrolysis) is 1. The van der Waals surface area contributed by atoms with E-state index in [1.807, 2.05) is 48.5 Å². The Bertz CT molecular complexity index is 1270. The molecular weight excluding hydrogens is 458 g/mol.